The zero-order valence-corrected chi connectivity index (χ0v) is 12.7. The zero-order valence-electron chi connectivity index (χ0n) is 11.9. The molecule has 3 rings (SSSR count). The largest absolute Gasteiger partial charge is 0.508 e. The van der Waals surface area contributed by atoms with Gasteiger partial charge in [-0.05, 0) is 30.9 Å². The Bertz CT molecular complexity index is 602. The van der Waals surface area contributed by atoms with E-state index in [4.69, 9.17) is 4.98 Å². The van der Waals surface area contributed by atoms with Gasteiger partial charge in [0, 0.05) is 23.0 Å². The Morgan fingerprint density at radius 3 is 2.85 bits per heavy atom. The number of hydrogen-bond donors (Lipinski definition) is 2. The third-order valence-corrected chi connectivity index (χ3v) is 4.62. The molecule has 0 saturated heterocycles. The van der Waals surface area contributed by atoms with Gasteiger partial charge in [-0.3, -0.25) is 0 Å². The van der Waals surface area contributed by atoms with Crippen molar-refractivity contribution in [1.82, 2.24) is 10.3 Å². The first-order chi connectivity index (χ1) is 9.63. The Labute approximate surface area is 123 Å². The molecule has 1 saturated carbocycles. The lowest BCUT2D eigenvalue weighted by Gasteiger charge is -2.05. The van der Waals surface area contributed by atoms with Gasteiger partial charge in [-0.1, -0.05) is 26.0 Å². The number of aromatic nitrogens is 1. The highest BCUT2D eigenvalue weighted by molar-refractivity contribution is 7.15. The molecule has 4 heteroatoms. The average Bonchev–Trinajstić information content (AvgIpc) is 3.14. The van der Waals surface area contributed by atoms with E-state index in [1.807, 2.05) is 12.1 Å². The van der Waals surface area contributed by atoms with E-state index < -0.39 is 0 Å². The highest BCUT2D eigenvalue weighted by atomic mass is 32.1. The Morgan fingerprint density at radius 2 is 2.20 bits per heavy atom. The highest BCUT2D eigenvalue weighted by Crippen LogP contribution is 2.33. The van der Waals surface area contributed by atoms with Crippen molar-refractivity contribution in [3.8, 4) is 16.3 Å². The van der Waals surface area contributed by atoms with Gasteiger partial charge in [0.1, 0.15) is 10.8 Å². The summed E-state index contributed by atoms with van der Waals surface area (Å²) in [7, 11) is 0. The number of aromatic hydroxyl groups is 1. The molecule has 0 aliphatic heterocycles. The van der Waals surface area contributed by atoms with Crippen LogP contribution in [0.15, 0.2) is 24.3 Å². The molecule has 0 bridgehead atoms. The first-order valence-corrected chi connectivity index (χ1v) is 7.97. The van der Waals surface area contributed by atoms with Gasteiger partial charge >= 0.3 is 0 Å². The second kappa shape index (κ2) is 5.54. The van der Waals surface area contributed by atoms with Crippen molar-refractivity contribution < 1.29 is 5.11 Å². The molecule has 2 aromatic rings. The lowest BCUT2D eigenvalue weighted by Crippen LogP contribution is -2.15. The minimum Gasteiger partial charge on any atom is -0.508 e. The normalized spacial score (nSPS) is 14.9. The SMILES string of the molecule is CC(C)c1nc(-c2cccc(O)c2)sc1CNC1CC1. The molecule has 1 fully saturated rings. The van der Waals surface area contributed by atoms with Gasteiger partial charge in [0.2, 0.25) is 0 Å². The maximum absolute atomic E-state index is 9.61. The molecule has 1 aliphatic rings. The molecule has 2 N–H and O–H groups in total. The van der Waals surface area contributed by atoms with Crippen LogP contribution in [0.25, 0.3) is 10.6 Å². The maximum Gasteiger partial charge on any atom is 0.124 e. The molecule has 0 atom stereocenters. The second-order valence-corrected chi connectivity index (χ2v) is 6.77. The predicted molar refractivity (Wildman–Crippen MR) is 83.2 cm³/mol. The quantitative estimate of drug-likeness (QED) is 0.877. The summed E-state index contributed by atoms with van der Waals surface area (Å²) in [5, 5.41) is 14.2. The summed E-state index contributed by atoms with van der Waals surface area (Å²) in [6.45, 7) is 5.28. The fourth-order valence-corrected chi connectivity index (χ4v) is 3.39. The van der Waals surface area contributed by atoms with Crippen molar-refractivity contribution in [3.63, 3.8) is 0 Å². The van der Waals surface area contributed by atoms with Crippen molar-refractivity contribution >= 4 is 11.3 Å². The predicted octanol–water partition coefficient (Wildman–Crippen LogP) is 3.89. The van der Waals surface area contributed by atoms with Gasteiger partial charge in [0.05, 0.1) is 5.69 Å². The van der Waals surface area contributed by atoms with Crippen LogP contribution in [0.3, 0.4) is 0 Å². The van der Waals surface area contributed by atoms with Gasteiger partial charge in [-0.15, -0.1) is 11.3 Å². The van der Waals surface area contributed by atoms with E-state index in [9.17, 15) is 5.11 Å². The summed E-state index contributed by atoms with van der Waals surface area (Å²) in [5.41, 5.74) is 2.18. The second-order valence-electron chi connectivity index (χ2n) is 5.69. The van der Waals surface area contributed by atoms with E-state index in [-0.39, 0.29) is 0 Å². The Hall–Kier alpha value is -1.39. The van der Waals surface area contributed by atoms with Gasteiger partial charge in [0.25, 0.3) is 0 Å². The van der Waals surface area contributed by atoms with Crippen LogP contribution in [-0.2, 0) is 6.54 Å². The number of rotatable bonds is 5. The number of phenolic OH excluding ortho intramolecular Hbond substituents is 1. The molecule has 1 heterocycles. The van der Waals surface area contributed by atoms with Crippen molar-refractivity contribution in [3.05, 3.63) is 34.8 Å². The van der Waals surface area contributed by atoms with Gasteiger partial charge in [-0.25, -0.2) is 4.98 Å². The van der Waals surface area contributed by atoms with E-state index in [0.717, 1.165) is 17.1 Å². The summed E-state index contributed by atoms with van der Waals surface area (Å²) in [4.78, 5) is 6.11. The molecule has 0 radical (unpaired) electrons. The molecule has 1 aliphatic carbocycles. The van der Waals surface area contributed by atoms with Gasteiger partial charge < -0.3 is 10.4 Å². The standard InChI is InChI=1S/C16H20N2OS/c1-10(2)15-14(9-17-12-6-7-12)20-16(18-15)11-4-3-5-13(19)8-11/h3-5,8,10,12,17,19H,6-7,9H2,1-2H3. The lowest BCUT2D eigenvalue weighted by molar-refractivity contribution is 0.475. The van der Waals surface area contributed by atoms with Crippen molar-refractivity contribution in [2.45, 2.75) is 45.2 Å². The molecule has 0 amide bonds. The monoisotopic (exact) mass is 288 g/mol. The average molecular weight is 288 g/mol. The smallest absolute Gasteiger partial charge is 0.124 e. The Balaban J connectivity index is 1.89. The molecule has 106 valence electrons. The number of hydrogen-bond acceptors (Lipinski definition) is 4. The molecule has 0 unspecified atom stereocenters. The number of nitrogens with zero attached hydrogens (tertiary/aromatic N) is 1. The fourth-order valence-electron chi connectivity index (χ4n) is 2.23. The zero-order chi connectivity index (χ0) is 14.1. The van der Waals surface area contributed by atoms with Crippen molar-refractivity contribution in [1.29, 1.82) is 0 Å². The van der Waals surface area contributed by atoms with E-state index in [1.165, 1.54) is 23.4 Å². The first-order valence-electron chi connectivity index (χ1n) is 7.16. The lowest BCUT2D eigenvalue weighted by atomic mass is 10.1. The molecular weight excluding hydrogens is 268 g/mol. The van der Waals surface area contributed by atoms with Gasteiger partial charge in [0.15, 0.2) is 0 Å². The molecular formula is C16H20N2OS. The van der Waals surface area contributed by atoms with Crippen LogP contribution in [-0.4, -0.2) is 16.1 Å². The van der Waals surface area contributed by atoms with Crippen molar-refractivity contribution in [2.24, 2.45) is 0 Å². The topological polar surface area (TPSA) is 45.2 Å². The fraction of sp³-hybridized carbons (Fsp3) is 0.438. The molecule has 20 heavy (non-hydrogen) atoms. The first kappa shape index (κ1) is 13.6. The van der Waals surface area contributed by atoms with E-state index in [2.05, 4.69) is 19.2 Å². The van der Waals surface area contributed by atoms with E-state index in [0.29, 0.717) is 17.7 Å². The van der Waals surface area contributed by atoms with Crippen LogP contribution in [0, 0.1) is 0 Å². The third-order valence-electron chi connectivity index (χ3n) is 3.50. The molecule has 1 aromatic heterocycles. The maximum atomic E-state index is 9.61. The minimum absolute atomic E-state index is 0.293. The van der Waals surface area contributed by atoms with Gasteiger partial charge in [-0.2, -0.15) is 0 Å². The summed E-state index contributed by atoms with van der Waals surface area (Å²) >= 11 is 1.73. The molecule has 0 spiro atoms. The third kappa shape index (κ3) is 3.02. The highest BCUT2D eigenvalue weighted by Gasteiger charge is 2.22. The molecule has 1 aromatic carbocycles. The van der Waals surface area contributed by atoms with Crippen LogP contribution in [0.2, 0.25) is 0 Å². The number of thiazole rings is 1. The molecule has 3 nitrogen and oxygen atoms in total. The number of benzene rings is 1. The summed E-state index contributed by atoms with van der Waals surface area (Å²) in [6, 6.07) is 8.04. The Morgan fingerprint density at radius 1 is 1.40 bits per heavy atom. The van der Waals surface area contributed by atoms with Crippen LogP contribution >= 0.6 is 11.3 Å². The number of phenols is 1. The van der Waals surface area contributed by atoms with E-state index in [1.54, 1.807) is 23.5 Å². The van der Waals surface area contributed by atoms with E-state index >= 15 is 0 Å². The van der Waals surface area contributed by atoms with Crippen molar-refractivity contribution in [2.75, 3.05) is 0 Å². The summed E-state index contributed by atoms with van der Waals surface area (Å²) in [5.74, 6) is 0.717. The van der Waals surface area contributed by atoms with Crippen LogP contribution in [0.4, 0.5) is 0 Å². The summed E-state index contributed by atoms with van der Waals surface area (Å²) in [6.07, 6.45) is 2.60. The minimum atomic E-state index is 0.293. The Kier molecular flexibility index (Phi) is 3.76. The van der Waals surface area contributed by atoms with Crippen LogP contribution in [0.5, 0.6) is 5.75 Å². The number of nitrogens with one attached hydrogen (secondary N) is 1. The summed E-state index contributed by atoms with van der Waals surface area (Å²) < 4.78 is 0. The van der Waals surface area contributed by atoms with Crippen LogP contribution < -0.4 is 5.32 Å². The van der Waals surface area contributed by atoms with Crippen LogP contribution in [0.1, 0.15) is 43.2 Å².